The summed E-state index contributed by atoms with van der Waals surface area (Å²) in [6.45, 7) is 3.64. The average molecular weight is 441 g/mol. The van der Waals surface area contributed by atoms with Gasteiger partial charge in [-0.15, -0.1) is 0 Å². The first-order valence-electron chi connectivity index (χ1n) is 9.10. The summed E-state index contributed by atoms with van der Waals surface area (Å²) in [4.78, 5) is 13.3. The maximum absolute atomic E-state index is 13.4. The van der Waals surface area contributed by atoms with Crippen molar-refractivity contribution in [3.05, 3.63) is 93.1 Å². The van der Waals surface area contributed by atoms with Crippen molar-refractivity contribution >= 4 is 32.7 Å². The van der Waals surface area contributed by atoms with E-state index in [1.807, 2.05) is 13.0 Å². The molecule has 0 N–H and O–H groups in total. The van der Waals surface area contributed by atoms with E-state index < -0.39 is 21.3 Å². The Labute approximate surface area is 178 Å². The molecule has 0 fully saturated rings. The molecule has 0 amide bonds. The van der Waals surface area contributed by atoms with Crippen molar-refractivity contribution in [1.29, 1.82) is 0 Å². The molecule has 0 aliphatic carbocycles. The summed E-state index contributed by atoms with van der Waals surface area (Å²) in [6, 6.07) is 17.8. The number of benzene rings is 3. The van der Waals surface area contributed by atoms with Crippen LogP contribution in [-0.4, -0.2) is 8.42 Å². The van der Waals surface area contributed by atoms with E-state index >= 15 is 0 Å². The first kappa shape index (κ1) is 20.2. The van der Waals surface area contributed by atoms with E-state index in [0.717, 1.165) is 5.56 Å². The third-order valence-electron chi connectivity index (χ3n) is 4.64. The van der Waals surface area contributed by atoms with Crippen molar-refractivity contribution in [2.75, 3.05) is 0 Å². The lowest BCUT2D eigenvalue weighted by molar-refractivity contribution is 0.471. The zero-order valence-corrected chi connectivity index (χ0v) is 17.8. The molecule has 0 aliphatic rings. The van der Waals surface area contributed by atoms with Crippen LogP contribution in [0.5, 0.6) is 5.75 Å². The third kappa shape index (κ3) is 3.60. The Morgan fingerprint density at radius 3 is 2.30 bits per heavy atom. The molecule has 0 unspecified atom stereocenters. The first-order chi connectivity index (χ1) is 14.3. The van der Waals surface area contributed by atoms with Crippen LogP contribution in [0.3, 0.4) is 0 Å². The highest BCUT2D eigenvalue weighted by Crippen LogP contribution is 2.37. The predicted octanol–water partition coefficient (Wildman–Crippen LogP) is 5.50. The largest absolute Gasteiger partial charge is 0.452 e. The van der Waals surface area contributed by atoms with Gasteiger partial charge in [-0.25, -0.2) is 0 Å². The lowest BCUT2D eigenvalue weighted by Crippen LogP contribution is -2.17. The fraction of sp³-hybridized carbons (Fsp3) is 0.0870. The minimum atomic E-state index is -4.27. The number of rotatable bonds is 4. The predicted molar refractivity (Wildman–Crippen MR) is 117 cm³/mol. The zero-order chi connectivity index (χ0) is 21.5. The number of hydrogen-bond donors (Lipinski definition) is 0. The van der Waals surface area contributed by atoms with Gasteiger partial charge in [-0.2, -0.15) is 8.42 Å². The van der Waals surface area contributed by atoms with E-state index in [1.165, 1.54) is 12.1 Å². The summed E-state index contributed by atoms with van der Waals surface area (Å²) in [5, 5.41) is 0.556. The Balaban J connectivity index is 2.04. The SMILES string of the molecule is Cc1cc(C)c2c(=O)c(OS(=O)(=O)c3ccccc3)c(-c3ccccc3Cl)oc2c1. The quantitative estimate of drug-likeness (QED) is 0.392. The summed E-state index contributed by atoms with van der Waals surface area (Å²) >= 11 is 6.32. The Bertz CT molecular complexity index is 1420. The zero-order valence-electron chi connectivity index (χ0n) is 16.2. The van der Waals surface area contributed by atoms with Crippen molar-refractivity contribution in [3.8, 4) is 17.1 Å². The first-order valence-corrected chi connectivity index (χ1v) is 10.9. The maximum Gasteiger partial charge on any atom is 0.339 e. The lowest BCUT2D eigenvalue weighted by atomic mass is 10.0. The molecule has 0 saturated heterocycles. The average Bonchev–Trinajstić information content (AvgIpc) is 2.70. The molecule has 4 rings (SSSR count). The second-order valence-electron chi connectivity index (χ2n) is 6.87. The van der Waals surface area contributed by atoms with E-state index in [4.69, 9.17) is 20.2 Å². The van der Waals surface area contributed by atoms with E-state index in [1.54, 1.807) is 55.5 Å². The Morgan fingerprint density at radius 1 is 0.933 bits per heavy atom. The van der Waals surface area contributed by atoms with Gasteiger partial charge in [0.2, 0.25) is 11.2 Å². The lowest BCUT2D eigenvalue weighted by Gasteiger charge is -2.13. The van der Waals surface area contributed by atoms with Crippen LogP contribution in [0.25, 0.3) is 22.3 Å². The summed E-state index contributed by atoms with van der Waals surface area (Å²) in [5.74, 6) is -0.464. The third-order valence-corrected chi connectivity index (χ3v) is 6.20. The highest BCUT2D eigenvalue weighted by atomic mass is 35.5. The van der Waals surface area contributed by atoms with Crippen molar-refractivity contribution in [2.45, 2.75) is 18.7 Å². The van der Waals surface area contributed by atoms with E-state index in [0.29, 0.717) is 21.7 Å². The van der Waals surface area contributed by atoms with Gasteiger partial charge in [0.1, 0.15) is 10.5 Å². The van der Waals surface area contributed by atoms with Crippen molar-refractivity contribution in [1.82, 2.24) is 0 Å². The van der Waals surface area contributed by atoms with Gasteiger partial charge in [0.05, 0.1) is 10.4 Å². The second kappa shape index (κ2) is 7.63. The second-order valence-corrected chi connectivity index (χ2v) is 8.83. The Hall–Kier alpha value is -3.09. The molecule has 152 valence electrons. The molecule has 4 aromatic rings. The summed E-state index contributed by atoms with van der Waals surface area (Å²) in [5.41, 5.74) is 1.67. The molecule has 5 nitrogen and oxygen atoms in total. The minimum absolute atomic E-state index is 0.0393. The molecule has 1 heterocycles. The van der Waals surface area contributed by atoms with Crippen molar-refractivity contribution in [2.24, 2.45) is 0 Å². The van der Waals surface area contributed by atoms with Gasteiger partial charge in [-0.3, -0.25) is 4.79 Å². The highest BCUT2D eigenvalue weighted by molar-refractivity contribution is 7.87. The molecule has 0 atom stereocenters. The molecule has 3 aromatic carbocycles. The summed E-state index contributed by atoms with van der Waals surface area (Å²) in [7, 11) is -4.27. The topological polar surface area (TPSA) is 73.6 Å². The normalized spacial score (nSPS) is 11.6. The van der Waals surface area contributed by atoms with Gasteiger partial charge in [0.15, 0.2) is 5.76 Å². The highest BCUT2D eigenvalue weighted by Gasteiger charge is 2.26. The Morgan fingerprint density at radius 2 is 1.60 bits per heavy atom. The maximum atomic E-state index is 13.4. The molecule has 7 heteroatoms. The molecule has 0 aliphatic heterocycles. The van der Waals surface area contributed by atoms with Crippen LogP contribution in [0.1, 0.15) is 11.1 Å². The van der Waals surface area contributed by atoms with Crippen LogP contribution in [0.15, 0.2) is 80.8 Å². The molecule has 1 aromatic heterocycles. The number of fused-ring (bicyclic) bond motifs is 1. The molecule has 0 spiro atoms. The summed E-state index contributed by atoms with van der Waals surface area (Å²) in [6.07, 6.45) is 0. The van der Waals surface area contributed by atoms with Crippen LogP contribution in [0, 0.1) is 13.8 Å². The Kier molecular flexibility index (Phi) is 5.13. The fourth-order valence-corrected chi connectivity index (χ4v) is 4.50. The number of aryl methyl sites for hydroxylation is 2. The van der Waals surface area contributed by atoms with Gasteiger partial charge in [-0.05, 0) is 55.3 Å². The van der Waals surface area contributed by atoms with Gasteiger partial charge in [0.25, 0.3) is 0 Å². The van der Waals surface area contributed by atoms with E-state index in [2.05, 4.69) is 0 Å². The monoisotopic (exact) mass is 440 g/mol. The van der Waals surface area contributed by atoms with Crippen LogP contribution in [-0.2, 0) is 10.1 Å². The molecular formula is C23H17ClO5S. The van der Waals surface area contributed by atoms with Crippen LogP contribution < -0.4 is 9.61 Å². The molecule has 0 radical (unpaired) electrons. The van der Waals surface area contributed by atoms with Gasteiger partial charge >= 0.3 is 10.1 Å². The minimum Gasteiger partial charge on any atom is -0.452 e. The van der Waals surface area contributed by atoms with Crippen LogP contribution in [0.2, 0.25) is 5.02 Å². The van der Waals surface area contributed by atoms with Crippen molar-refractivity contribution in [3.63, 3.8) is 0 Å². The van der Waals surface area contributed by atoms with E-state index in [-0.39, 0.29) is 16.0 Å². The standard InChI is InChI=1S/C23H17ClO5S/c1-14-12-15(2)20-19(13-14)28-22(17-10-6-7-11-18(17)24)23(21(20)25)29-30(26,27)16-8-4-3-5-9-16/h3-13H,1-2H3. The van der Waals surface area contributed by atoms with E-state index in [9.17, 15) is 13.2 Å². The smallest absolute Gasteiger partial charge is 0.339 e. The number of hydrogen-bond acceptors (Lipinski definition) is 5. The fourth-order valence-electron chi connectivity index (χ4n) is 3.32. The van der Waals surface area contributed by atoms with Gasteiger partial charge in [-0.1, -0.05) is 48.0 Å². The molecule has 30 heavy (non-hydrogen) atoms. The van der Waals surface area contributed by atoms with Crippen LogP contribution in [0.4, 0.5) is 0 Å². The van der Waals surface area contributed by atoms with Crippen molar-refractivity contribution < 1.29 is 17.0 Å². The molecule has 0 bridgehead atoms. The number of halogens is 1. The molecule has 0 saturated carbocycles. The van der Waals surface area contributed by atoms with Gasteiger partial charge in [0, 0.05) is 5.56 Å². The summed E-state index contributed by atoms with van der Waals surface area (Å²) < 4.78 is 37.1. The molecular weight excluding hydrogens is 424 g/mol. The van der Waals surface area contributed by atoms with Gasteiger partial charge < -0.3 is 8.60 Å². The van der Waals surface area contributed by atoms with Crippen LogP contribution >= 0.6 is 11.6 Å².